The second kappa shape index (κ2) is 8.14. The number of ether oxygens (including phenoxy) is 1. The molecule has 2 aliphatic rings. The number of likely N-dealkylation sites (tertiary alicyclic amines) is 1. The van der Waals surface area contributed by atoms with E-state index in [1.807, 2.05) is 29.5 Å². The summed E-state index contributed by atoms with van der Waals surface area (Å²) in [5.41, 5.74) is 4.43. The summed E-state index contributed by atoms with van der Waals surface area (Å²) >= 11 is 0. The highest BCUT2D eigenvalue weighted by Gasteiger charge is 2.43. The second-order valence-corrected chi connectivity index (χ2v) is 8.67. The van der Waals surface area contributed by atoms with Gasteiger partial charge in [0.05, 0.1) is 31.6 Å². The minimum atomic E-state index is -0.245. The standard InChI is InChI=1S/C21H29N9O2/c1-4-29-18(5-7-23-29)20(31)22-10-17-19-12-32-21(14-30(19)26-25-17)6-8-28(13-21)11-16-9-24-27(3)15(16)2/h5,7,9H,4,6,8,10-14H2,1-3H3,(H,22,31). The van der Waals surface area contributed by atoms with E-state index in [-0.39, 0.29) is 11.5 Å². The molecule has 0 saturated carbocycles. The third kappa shape index (κ3) is 3.71. The van der Waals surface area contributed by atoms with Crippen molar-refractivity contribution in [3.8, 4) is 0 Å². The summed E-state index contributed by atoms with van der Waals surface area (Å²) in [4.78, 5) is 14.9. The molecule has 1 spiro atoms. The van der Waals surface area contributed by atoms with Gasteiger partial charge in [-0.2, -0.15) is 10.2 Å². The first-order valence-corrected chi connectivity index (χ1v) is 11.0. The van der Waals surface area contributed by atoms with E-state index in [1.165, 1.54) is 11.3 Å². The number of amides is 1. The average Bonchev–Trinajstić information content (AvgIpc) is 3.57. The largest absolute Gasteiger partial charge is 0.365 e. The van der Waals surface area contributed by atoms with Crippen LogP contribution in [0.4, 0.5) is 0 Å². The Morgan fingerprint density at radius 3 is 2.97 bits per heavy atom. The Bertz CT molecular complexity index is 1130. The van der Waals surface area contributed by atoms with Crippen LogP contribution < -0.4 is 5.32 Å². The Morgan fingerprint density at radius 2 is 2.19 bits per heavy atom. The first-order chi connectivity index (χ1) is 15.5. The van der Waals surface area contributed by atoms with Gasteiger partial charge in [0.2, 0.25) is 0 Å². The summed E-state index contributed by atoms with van der Waals surface area (Å²) in [5.74, 6) is -0.170. The van der Waals surface area contributed by atoms with Crippen molar-refractivity contribution in [2.75, 3.05) is 13.1 Å². The molecular weight excluding hydrogens is 410 g/mol. The highest BCUT2D eigenvalue weighted by molar-refractivity contribution is 5.92. The fourth-order valence-corrected chi connectivity index (χ4v) is 4.61. The van der Waals surface area contributed by atoms with Crippen molar-refractivity contribution in [3.05, 3.63) is 46.8 Å². The predicted octanol–water partition coefficient (Wildman–Crippen LogP) is 0.641. The van der Waals surface area contributed by atoms with Gasteiger partial charge < -0.3 is 10.1 Å². The zero-order chi connectivity index (χ0) is 22.3. The molecule has 1 atom stereocenters. The molecular formula is C21H29N9O2. The van der Waals surface area contributed by atoms with Crippen LogP contribution in [0.5, 0.6) is 0 Å². The topological polar surface area (TPSA) is 108 Å². The minimum absolute atomic E-state index is 0.170. The number of carbonyl (C=O) groups excluding carboxylic acids is 1. The average molecular weight is 440 g/mol. The minimum Gasteiger partial charge on any atom is -0.365 e. The number of nitrogens with one attached hydrogen (secondary N) is 1. The van der Waals surface area contributed by atoms with E-state index in [0.29, 0.717) is 31.9 Å². The van der Waals surface area contributed by atoms with Gasteiger partial charge in [0.25, 0.3) is 5.91 Å². The number of hydrogen-bond donors (Lipinski definition) is 1. The fourth-order valence-electron chi connectivity index (χ4n) is 4.61. The zero-order valence-electron chi connectivity index (χ0n) is 18.8. The maximum Gasteiger partial charge on any atom is 0.269 e. The molecule has 2 aliphatic heterocycles. The molecule has 0 bridgehead atoms. The van der Waals surface area contributed by atoms with E-state index >= 15 is 0 Å². The number of fused-ring (bicyclic) bond motifs is 1. The molecule has 1 unspecified atom stereocenters. The van der Waals surface area contributed by atoms with Crippen LogP contribution in [0.2, 0.25) is 0 Å². The molecule has 11 heteroatoms. The Balaban J connectivity index is 1.21. The molecule has 5 heterocycles. The lowest BCUT2D eigenvalue weighted by Gasteiger charge is -2.34. The summed E-state index contributed by atoms with van der Waals surface area (Å²) in [6.45, 7) is 8.84. The normalized spacial score (nSPS) is 20.7. The van der Waals surface area contributed by atoms with Gasteiger partial charge in [-0.05, 0) is 26.3 Å². The van der Waals surface area contributed by atoms with Gasteiger partial charge in [0.15, 0.2) is 0 Å². The number of rotatable bonds is 6. The number of aromatic nitrogens is 7. The van der Waals surface area contributed by atoms with Crippen LogP contribution >= 0.6 is 0 Å². The molecule has 11 nitrogen and oxygen atoms in total. The van der Waals surface area contributed by atoms with Crippen LogP contribution in [0.3, 0.4) is 0 Å². The quantitative estimate of drug-likeness (QED) is 0.601. The molecule has 0 aliphatic carbocycles. The Kier molecular flexibility index (Phi) is 5.30. The highest BCUT2D eigenvalue weighted by atomic mass is 16.5. The first-order valence-electron chi connectivity index (χ1n) is 11.0. The summed E-state index contributed by atoms with van der Waals surface area (Å²) in [7, 11) is 1.97. The Labute approximate surface area is 186 Å². The lowest BCUT2D eigenvalue weighted by molar-refractivity contribution is -0.0845. The van der Waals surface area contributed by atoms with E-state index in [1.54, 1.807) is 16.9 Å². The van der Waals surface area contributed by atoms with Crippen molar-refractivity contribution < 1.29 is 9.53 Å². The SMILES string of the molecule is CCn1nccc1C(=O)NCc1nnn2c1COC1(CCN(Cc3cnn(C)c3C)C1)C2. The third-order valence-electron chi connectivity index (χ3n) is 6.66. The van der Waals surface area contributed by atoms with Gasteiger partial charge >= 0.3 is 0 Å². The van der Waals surface area contributed by atoms with Gasteiger partial charge in [-0.25, -0.2) is 4.68 Å². The molecule has 1 N–H and O–H groups in total. The van der Waals surface area contributed by atoms with Gasteiger partial charge in [0.1, 0.15) is 17.0 Å². The molecule has 0 radical (unpaired) electrons. The van der Waals surface area contributed by atoms with Crippen LogP contribution in [-0.4, -0.2) is 64.1 Å². The van der Waals surface area contributed by atoms with E-state index in [4.69, 9.17) is 4.74 Å². The van der Waals surface area contributed by atoms with Gasteiger partial charge in [-0.15, -0.1) is 5.10 Å². The molecule has 5 rings (SSSR count). The van der Waals surface area contributed by atoms with Crippen LogP contribution in [0.15, 0.2) is 18.5 Å². The van der Waals surface area contributed by atoms with Gasteiger partial charge in [-0.3, -0.25) is 19.1 Å². The van der Waals surface area contributed by atoms with Crippen molar-refractivity contribution in [2.45, 2.75) is 58.7 Å². The molecule has 0 aromatic carbocycles. The molecule has 32 heavy (non-hydrogen) atoms. The van der Waals surface area contributed by atoms with Crippen molar-refractivity contribution >= 4 is 5.91 Å². The van der Waals surface area contributed by atoms with E-state index in [2.05, 4.69) is 37.6 Å². The Hall–Kier alpha value is -3.05. The van der Waals surface area contributed by atoms with Crippen LogP contribution in [0, 0.1) is 6.92 Å². The van der Waals surface area contributed by atoms with E-state index < -0.39 is 0 Å². The third-order valence-corrected chi connectivity index (χ3v) is 6.66. The van der Waals surface area contributed by atoms with Crippen LogP contribution in [-0.2, 0) is 44.6 Å². The van der Waals surface area contributed by atoms with E-state index in [9.17, 15) is 4.79 Å². The highest BCUT2D eigenvalue weighted by Crippen LogP contribution is 2.33. The first kappa shape index (κ1) is 20.8. The van der Waals surface area contributed by atoms with Crippen LogP contribution in [0.1, 0.15) is 46.5 Å². The molecule has 1 amide bonds. The number of carbonyl (C=O) groups is 1. The predicted molar refractivity (Wildman–Crippen MR) is 114 cm³/mol. The maximum atomic E-state index is 12.5. The van der Waals surface area contributed by atoms with E-state index in [0.717, 1.165) is 37.4 Å². The lowest BCUT2D eigenvalue weighted by atomic mass is 10.0. The number of nitrogens with zero attached hydrogens (tertiary/aromatic N) is 8. The molecule has 1 saturated heterocycles. The monoisotopic (exact) mass is 439 g/mol. The fraction of sp³-hybridized carbons (Fsp3) is 0.571. The van der Waals surface area contributed by atoms with Gasteiger partial charge in [0, 0.05) is 50.7 Å². The molecule has 3 aromatic rings. The van der Waals surface area contributed by atoms with Gasteiger partial charge in [-0.1, -0.05) is 5.21 Å². The van der Waals surface area contributed by atoms with Crippen molar-refractivity contribution in [2.24, 2.45) is 7.05 Å². The number of aryl methyl sites for hydroxylation is 2. The Morgan fingerprint density at radius 1 is 1.31 bits per heavy atom. The lowest BCUT2D eigenvalue weighted by Crippen LogP contribution is -2.44. The smallest absolute Gasteiger partial charge is 0.269 e. The van der Waals surface area contributed by atoms with Crippen LogP contribution in [0.25, 0.3) is 0 Å². The molecule has 3 aromatic heterocycles. The summed E-state index contributed by atoms with van der Waals surface area (Å²) < 4.78 is 11.9. The van der Waals surface area contributed by atoms with Crippen molar-refractivity contribution in [3.63, 3.8) is 0 Å². The summed E-state index contributed by atoms with van der Waals surface area (Å²) in [6, 6.07) is 1.71. The molecule has 1 fully saturated rings. The maximum absolute atomic E-state index is 12.5. The zero-order valence-corrected chi connectivity index (χ0v) is 18.8. The summed E-state index contributed by atoms with van der Waals surface area (Å²) in [5, 5.41) is 20.1. The van der Waals surface area contributed by atoms with Crippen molar-refractivity contribution in [1.82, 2.24) is 44.8 Å². The molecule has 170 valence electrons. The van der Waals surface area contributed by atoms with Crippen molar-refractivity contribution in [1.29, 1.82) is 0 Å². The second-order valence-electron chi connectivity index (χ2n) is 8.67. The summed E-state index contributed by atoms with van der Waals surface area (Å²) in [6.07, 6.45) is 4.54. The number of hydrogen-bond acceptors (Lipinski definition) is 7.